The third-order valence-corrected chi connectivity index (χ3v) is 2.73. The van der Waals surface area contributed by atoms with E-state index in [9.17, 15) is 18.3 Å². The molecule has 0 spiro atoms. The standard InChI is InChI=1S/C11H13ClF3NO2.ClH/c1-18-9-5-6(4-7(12)10(9)17)8(16)2-3-11(13,14)15;/h4-5,8,17H,2-3,16H2,1H3;1H/t8-;/m1./s1. The molecule has 0 fully saturated rings. The number of aromatic hydroxyl groups is 1. The van der Waals surface area contributed by atoms with Crippen molar-refractivity contribution in [2.45, 2.75) is 25.1 Å². The number of alkyl halides is 3. The smallest absolute Gasteiger partial charge is 0.389 e. The number of halogens is 5. The fraction of sp³-hybridized carbons (Fsp3) is 0.455. The largest absolute Gasteiger partial charge is 0.503 e. The summed E-state index contributed by atoms with van der Waals surface area (Å²) < 4.78 is 41.1. The molecule has 3 N–H and O–H groups in total. The summed E-state index contributed by atoms with van der Waals surface area (Å²) in [5, 5.41) is 9.48. The minimum Gasteiger partial charge on any atom is -0.503 e. The molecule has 0 saturated carbocycles. The van der Waals surface area contributed by atoms with E-state index in [4.69, 9.17) is 22.1 Å². The molecule has 0 unspecified atom stereocenters. The van der Waals surface area contributed by atoms with Gasteiger partial charge in [-0.1, -0.05) is 11.6 Å². The molecule has 0 heterocycles. The monoisotopic (exact) mass is 319 g/mol. The summed E-state index contributed by atoms with van der Waals surface area (Å²) in [6, 6.07) is 1.89. The van der Waals surface area contributed by atoms with Gasteiger partial charge in [-0.15, -0.1) is 12.4 Å². The molecule has 3 nitrogen and oxygen atoms in total. The van der Waals surface area contributed by atoms with Crippen LogP contribution >= 0.6 is 24.0 Å². The van der Waals surface area contributed by atoms with Crippen molar-refractivity contribution < 1.29 is 23.0 Å². The predicted molar refractivity (Wildman–Crippen MR) is 69.1 cm³/mol. The Kier molecular flexibility index (Phi) is 6.76. The van der Waals surface area contributed by atoms with Crippen LogP contribution in [0.2, 0.25) is 5.02 Å². The first-order valence-corrected chi connectivity index (χ1v) is 5.51. The molecule has 110 valence electrons. The number of methoxy groups -OCH3 is 1. The molecule has 1 aromatic carbocycles. The predicted octanol–water partition coefficient (Wildman–Crippen LogP) is 3.82. The summed E-state index contributed by atoms with van der Waals surface area (Å²) in [7, 11) is 1.32. The molecule has 0 radical (unpaired) electrons. The Hall–Kier alpha value is -0.850. The summed E-state index contributed by atoms with van der Waals surface area (Å²) in [6.07, 6.45) is -5.48. The molecule has 0 aromatic heterocycles. The summed E-state index contributed by atoms with van der Waals surface area (Å²) in [5.41, 5.74) is 6.04. The Morgan fingerprint density at radius 3 is 2.47 bits per heavy atom. The van der Waals surface area contributed by atoms with Gasteiger partial charge in [-0.3, -0.25) is 0 Å². The van der Waals surface area contributed by atoms with E-state index >= 15 is 0 Å². The van der Waals surface area contributed by atoms with E-state index in [0.717, 1.165) is 0 Å². The van der Waals surface area contributed by atoms with Gasteiger partial charge < -0.3 is 15.6 Å². The number of phenols is 1. The van der Waals surface area contributed by atoms with E-state index < -0.39 is 18.6 Å². The average Bonchev–Trinajstić information content (AvgIpc) is 2.28. The van der Waals surface area contributed by atoms with Crippen molar-refractivity contribution in [1.29, 1.82) is 0 Å². The molecular weight excluding hydrogens is 306 g/mol. The fourth-order valence-corrected chi connectivity index (χ4v) is 1.67. The second kappa shape index (κ2) is 7.07. The van der Waals surface area contributed by atoms with Crippen LogP contribution in [0.4, 0.5) is 13.2 Å². The van der Waals surface area contributed by atoms with Crippen LogP contribution in [0.3, 0.4) is 0 Å². The number of hydrogen-bond acceptors (Lipinski definition) is 3. The van der Waals surface area contributed by atoms with Crippen molar-refractivity contribution in [2.24, 2.45) is 5.73 Å². The molecule has 8 heteroatoms. The van der Waals surface area contributed by atoms with Gasteiger partial charge in [-0.25, -0.2) is 0 Å². The molecular formula is C11H14Cl2F3NO2. The summed E-state index contributed by atoms with van der Waals surface area (Å²) in [6.45, 7) is 0. The Labute approximate surface area is 119 Å². The summed E-state index contributed by atoms with van der Waals surface area (Å²) in [5.74, 6) is -0.175. The number of nitrogens with two attached hydrogens (primary N) is 1. The van der Waals surface area contributed by atoms with Crippen LogP contribution in [-0.4, -0.2) is 18.4 Å². The first kappa shape index (κ1) is 18.1. The number of rotatable bonds is 4. The number of hydrogen-bond donors (Lipinski definition) is 2. The van der Waals surface area contributed by atoms with Crippen LogP contribution in [0.25, 0.3) is 0 Å². The van der Waals surface area contributed by atoms with Crippen LogP contribution in [0.5, 0.6) is 11.5 Å². The van der Waals surface area contributed by atoms with E-state index in [1.165, 1.54) is 19.2 Å². The van der Waals surface area contributed by atoms with Gasteiger partial charge in [0.2, 0.25) is 0 Å². The summed E-state index contributed by atoms with van der Waals surface area (Å²) >= 11 is 5.72. The second-order valence-corrected chi connectivity index (χ2v) is 4.22. The van der Waals surface area contributed by atoms with Crippen molar-refractivity contribution in [2.75, 3.05) is 7.11 Å². The quantitative estimate of drug-likeness (QED) is 0.887. The maximum absolute atomic E-state index is 12.1. The lowest BCUT2D eigenvalue weighted by Crippen LogP contribution is -2.15. The second-order valence-electron chi connectivity index (χ2n) is 3.81. The number of ether oxygens (including phenoxy) is 1. The molecule has 0 saturated heterocycles. The van der Waals surface area contributed by atoms with Gasteiger partial charge in [-0.2, -0.15) is 13.2 Å². The topological polar surface area (TPSA) is 55.5 Å². The van der Waals surface area contributed by atoms with Crippen molar-refractivity contribution in [3.05, 3.63) is 22.7 Å². The maximum atomic E-state index is 12.1. The lowest BCUT2D eigenvalue weighted by atomic mass is 10.0. The van der Waals surface area contributed by atoms with Gasteiger partial charge in [-0.05, 0) is 24.1 Å². The van der Waals surface area contributed by atoms with E-state index in [0.29, 0.717) is 5.56 Å². The van der Waals surface area contributed by atoms with Crippen molar-refractivity contribution in [3.8, 4) is 11.5 Å². The molecule has 0 aliphatic heterocycles. The molecule has 1 aromatic rings. The van der Waals surface area contributed by atoms with Crippen LogP contribution in [-0.2, 0) is 0 Å². The van der Waals surface area contributed by atoms with E-state index in [1.807, 2.05) is 0 Å². The highest BCUT2D eigenvalue weighted by molar-refractivity contribution is 6.32. The SMILES string of the molecule is COc1cc([C@H](N)CCC(F)(F)F)cc(Cl)c1O.Cl. The van der Waals surface area contributed by atoms with E-state index in [1.54, 1.807) is 0 Å². The number of phenolic OH excluding ortho intramolecular Hbond substituents is 1. The normalized spacial score (nSPS) is 12.7. The highest BCUT2D eigenvalue weighted by Crippen LogP contribution is 2.37. The molecule has 19 heavy (non-hydrogen) atoms. The van der Waals surface area contributed by atoms with E-state index in [-0.39, 0.29) is 35.3 Å². The summed E-state index contributed by atoms with van der Waals surface area (Å²) in [4.78, 5) is 0. The molecule has 0 bridgehead atoms. The lowest BCUT2D eigenvalue weighted by molar-refractivity contribution is -0.136. The zero-order valence-electron chi connectivity index (χ0n) is 10.00. The van der Waals surface area contributed by atoms with Gasteiger partial charge in [0.25, 0.3) is 0 Å². The Bertz CT molecular complexity index is 427. The van der Waals surface area contributed by atoms with Gasteiger partial charge in [0.15, 0.2) is 11.5 Å². The molecule has 1 atom stereocenters. The first-order valence-electron chi connectivity index (χ1n) is 5.13. The van der Waals surface area contributed by atoms with Crippen LogP contribution in [0.1, 0.15) is 24.4 Å². The van der Waals surface area contributed by atoms with Gasteiger partial charge in [0.1, 0.15) is 0 Å². The van der Waals surface area contributed by atoms with Crippen molar-refractivity contribution in [1.82, 2.24) is 0 Å². The molecule has 0 aliphatic carbocycles. The first-order chi connectivity index (χ1) is 8.24. The highest BCUT2D eigenvalue weighted by Gasteiger charge is 2.28. The van der Waals surface area contributed by atoms with Crippen molar-refractivity contribution in [3.63, 3.8) is 0 Å². The van der Waals surface area contributed by atoms with Crippen LogP contribution in [0, 0.1) is 0 Å². The molecule has 1 rings (SSSR count). The fourth-order valence-electron chi connectivity index (χ4n) is 1.45. The average molecular weight is 320 g/mol. The third kappa shape index (κ3) is 5.34. The van der Waals surface area contributed by atoms with Crippen LogP contribution < -0.4 is 10.5 Å². The Balaban J connectivity index is 0.00000324. The minimum absolute atomic E-state index is 0. The molecule has 0 amide bonds. The zero-order valence-corrected chi connectivity index (χ0v) is 11.6. The van der Waals surface area contributed by atoms with Gasteiger partial charge >= 0.3 is 6.18 Å². The zero-order chi connectivity index (χ0) is 13.9. The third-order valence-electron chi connectivity index (χ3n) is 2.44. The minimum atomic E-state index is -4.25. The van der Waals surface area contributed by atoms with Crippen LogP contribution in [0.15, 0.2) is 12.1 Å². The van der Waals surface area contributed by atoms with E-state index in [2.05, 4.69) is 0 Å². The Morgan fingerprint density at radius 2 is 2.00 bits per heavy atom. The lowest BCUT2D eigenvalue weighted by Gasteiger charge is -2.15. The van der Waals surface area contributed by atoms with Crippen molar-refractivity contribution >= 4 is 24.0 Å². The van der Waals surface area contributed by atoms with Gasteiger partial charge in [0.05, 0.1) is 12.1 Å². The highest BCUT2D eigenvalue weighted by atomic mass is 35.5. The Morgan fingerprint density at radius 1 is 1.42 bits per heavy atom. The molecule has 0 aliphatic rings. The maximum Gasteiger partial charge on any atom is 0.389 e. The van der Waals surface area contributed by atoms with Gasteiger partial charge in [0, 0.05) is 12.5 Å². The number of benzene rings is 1.